The highest BCUT2D eigenvalue weighted by Crippen LogP contribution is 2.29. The molecule has 0 aliphatic rings. The molecule has 58 heavy (non-hydrogen) atoms. The number of nitrogens with two attached hydrogens (primary N) is 3. The fourth-order valence-corrected chi connectivity index (χ4v) is 4.86. The number of rotatable bonds is 11. The number of nitrogen functional groups attached to an aromatic ring is 1. The number of fused-ring (bicyclic) bond motifs is 1. The third-order valence-corrected chi connectivity index (χ3v) is 7.64. The Kier molecular flexibility index (Phi) is 25.7. The van der Waals surface area contributed by atoms with Crippen LogP contribution in [-0.4, -0.2) is 33.8 Å². The Morgan fingerprint density at radius 3 is 2.00 bits per heavy atom. The summed E-state index contributed by atoms with van der Waals surface area (Å²) in [7, 11) is 0. The molecule has 3 rings (SSSR count). The molecule has 0 bridgehead atoms. The van der Waals surface area contributed by atoms with Crippen molar-refractivity contribution in [2.45, 2.75) is 51.6 Å². The van der Waals surface area contributed by atoms with Crippen molar-refractivity contribution in [3.8, 4) is 119 Å². The Morgan fingerprint density at radius 1 is 0.948 bits per heavy atom. The Morgan fingerprint density at radius 2 is 1.50 bits per heavy atom. The number of nitrogens with one attached hydrogen (secondary N) is 1. The molecule has 306 valence electrons. The van der Waals surface area contributed by atoms with E-state index in [1.165, 1.54) is 0 Å². The number of nitrogens with zero attached hydrogens (tertiary/aromatic N) is 5. The molecule has 7 N–H and O–H groups in total. The number of thiol groups is 1. The van der Waals surface area contributed by atoms with Gasteiger partial charge in [-0.1, -0.05) is 49.2 Å². The van der Waals surface area contributed by atoms with Crippen LogP contribution in [0.3, 0.4) is 0 Å². The molecule has 0 radical (unpaired) electrons. The van der Waals surface area contributed by atoms with Crippen LogP contribution in [0.25, 0.3) is 10.1 Å². The lowest BCUT2D eigenvalue weighted by atomic mass is 10.0. The molecule has 0 spiro atoms. The maximum atomic E-state index is 12.4. The predicted molar refractivity (Wildman–Crippen MR) is 249 cm³/mol. The number of thiophene rings is 1. The van der Waals surface area contributed by atoms with E-state index in [1.54, 1.807) is 31.4 Å². The summed E-state index contributed by atoms with van der Waals surface area (Å²) in [5, 5.41) is 21.2. The summed E-state index contributed by atoms with van der Waals surface area (Å²) < 4.78 is 4.71. The van der Waals surface area contributed by atoms with Crippen LogP contribution in [0.15, 0.2) is 64.3 Å². The van der Waals surface area contributed by atoms with E-state index >= 15 is 0 Å². The normalized spacial score (nSPS) is 9.67. The molecule has 0 aliphatic carbocycles. The van der Waals surface area contributed by atoms with Gasteiger partial charge in [0.25, 0.3) is 0 Å². The molecule has 15 heteroatoms. The summed E-state index contributed by atoms with van der Waals surface area (Å²) in [5.74, 6) is 51.5. The number of ketones is 1. The molecule has 0 saturated carbocycles. The predicted octanol–water partition coefficient (Wildman–Crippen LogP) is 5.94. The van der Waals surface area contributed by atoms with Gasteiger partial charge in [0.1, 0.15) is 5.82 Å². The minimum Gasteiger partial charge on any atom is -0.394 e. The smallest absolute Gasteiger partial charge is 0.237 e. The van der Waals surface area contributed by atoms with Crippen molar-refractivity contribution in [2.75, 3.05) is 5.73 Å². The van der Waals surface area contributed by atoms with Crippen LogP contribution < -0.4 is 22.6 Å². The van der Waals surface area contributed by atoms with E-state index in [1.807, 2.05) is 42.5 Å². The van der Waals surface area contributed by atoms with Crippen LogP contribution in [0.4, 0.5) is 5.82 Å². The fourth-order valence-electron chi connectivity index (χ4n) is 3.76. The Balaban J connectivity index is -0.0000000969. The molecule has 3 aromatic rings. The lowest BCUT2D eigenvalue weighted by Crippen LogP contribution is -2.47. The van der Waals surface area contributed by atoms with Crippen molar-refractivity contribution >= 4 is 51.8 Å². The first kappa shape index (κ1) is 47.8. The van der Waals surface area contributed by atoms with E-state index in [4.69, 9.17) is 17.9 Å². The van der Waals surface area contributed by atoms with Crippen molar-refractivity contribution in [2.24, 2.45) is 27.2 Å². The summed E-state index contributed by atoms with van der Waals surface area (Å²) in [6.07, 6.45) is 8.80. The van der Waals surface area contributed by atoms with Crippen molar-refractivity contribution in [1.82, 2.24) is 10.3 Å². The number of carbonyl (C=O) groups is 2. The number of pyridine rings is 1. The van der Waals surface area contributed by atoms with E-state index < -0.39 is 12.1 Å². The number of terminal acetylenes is 1. The number of hydrogen-bond acceptors (Lipinski definition) is 10. The van der Waals surface area contributed by atoms with Gasteiger partial charge in [-0.3, -0.25) is 15.4 Å². The molecule has 1 amide bonds. The van der Waals surface area contributed by atoms with Gasteiger partial charge in [0.15, 0.2) is 5.78 Å². The number of amides is 1. The molecular weight excluding hydrogens is 771 g/mol. The zero-order valence-electron chi connectivity index (χ0n) is 31.1. The molecule has 0 saturated heterocycles. The van der Waals surface area contributed by atoms with Crippen molar-refractivity contribution < 1.29 is 33.2 Å². The van der Waals surface area contributed by atoms with Crippen molar-refractivity contribution in [3.05, 3.63) is 64.3 Å². The zero-order chi connectivity index (χ0) is 42.6. The summed E-state index contributed by atoms with van der Waals surface area (Å²) in [4.78, 5) is 29.9. The number of anilines is 1. The van der Waals surface area contributed by atoms with Gasteiger partial charge in [-0.25, -0.2) is 4.98 Å². The largest absolute Gasteiger partial charge is 0.394 e. The van der Waals surface area contributed by atoms with Gasteiger partial charge < -0.3 is 26.3 Å². The van der Waals surface area contributed by atoms with Gasteiger partial charge in [0.05, 0.1) is 22.3 Å². The second-order valence-electron chi connectivity index (χ2n) is 10.3. The first-order valence-electron chi connectivity index (χ1n) is 16.4. The molecule has 2 atom stereocenters. The first-order valence-corrected chi connectivity index (χ1v) is 17.6. The fraction of sp³-hybridized carbons (Fsp3) is 0.186. The quantitative estimate of drug-likeness (QED) is 0.0389. The van der Waals surface area contributed by atoms with E-state index in [9.17, 15) is 14.8 Å². The highest BCUT2D eigenvalue weighted by molar-refractivity contribution is 7.74. The Hall–Kier alpha value is -8.22. The Bertz CT molecular complexity index is 2620. The third kappa shape index (κ3) is 22.8. The monoisotopic (exact) mass is 823 g/mol. The summed E-state index contributed by atoms with van der Waals surface area (Å²) >= 11 is 4.67. The third-order valence-electron chi connectivity index (χ3n) is 6.34. The van der Waals surface area contributed by atoms with Crippen LogP contribution in [0.2, 0.25) is 0 Å². The Labute approximate surface area is 362 Å². The van der Waals surface area contributed by atoms with Crippen LogP contribution in [-0.2, 0) is 26.7 Å². The standard InChI is InChI=1S/C22H26N4O2S.C21H4.H3N5O2S.10H2/c1-14(26-22(28)18(23)9-7-15-5-3-2-4-6-15)19(27)10-8-16-13-17-20(29-16)11-12-25-21(17)24;1-3-5-7-9-11-13-15-17-19-21-20-18-16-14-12-10-8-6-4-2;1-2-3-4-5(6)7-8;;;;;;;;;;/h2-6,11-14,18H,7-10,23H2,1H3,(H2,24,25)(H,26,28);1H,2H3;8H,(H2,1,3);10*1H/t14-,18+;;;;;;;;;;;;/m0............/s1. The first-order chi connectivity index (χ1) is 28.2. The van der Waals surface area contributed by atoms with E-state index in [0.29, 0.717) is 25.1 Å². The molecule has 0 unspecified atom stereocenters. The second-order valence-corrected chi connectivity index (χ2v) is 11.6. The maximum absolute atomic E-state index is 12.4. The highest BCUT2D eigenvalue weighted by atomic mass is 32.1. The van der Waals surface area contributed by atoms with Gasteiger partial charge in [-0.05, 0) is 146 Å². The number of hydrogen-bond donors (Lipinski definition) is 5. The molecule has 1 aromatic carbocycles. The van der Waals surface area contributed by atoms with Gasteiger partial charge in [0.2, 0.25) is 16.4 Å². The minimum absolute atomic E-state index is 0. The van der Waals surface area contributed by atoms with Gasteiger partial charge in [-0.15, -0.1) is 17.8 Å². The number of Topliss-reactive ketones (excluding diaryl/α,β-unsaturated/α-hetero) is 1. The van der Waals surface area contributed by atoms with Crippen LogP contribution in [0, 0.1) is 124 Å². The summed E-state index contributed by atoms with van der Waals surface area (Å²) in [6.45, 7) is 3.40. The summed E-state index contributed by atoms with van der Waals surface area (Å²) in [6, 6.07) is 12.6. The molecule has 13 nitrogen and oxygen atoms in total. The number of aromatic nitrogens is 1. The molecule has 0 fully saturated rings. The van der Waals surface area contributed by atoms with E-state index in [2.05, 4.69) is 161 Å². The molecule has 2 heterocycles. The lowest BCUT2D eigenvalue weighted by Gasteiger charge is -2.16. The van der Waals surface area contributed by atoms with Crippen LogP contribution in [0.5, 0.6) is 0 Å². The average Bonchev–Trinajstić information content (AvgIpc) is 3.67. The maximum Gasteiger partial charge on any atom is 0.237 e. The van der Waals surface area contributed by atoms with E-state index in [0.717, 1.165) is 26.9 Å². The van der Waals surface area contributed by atoms with Gasteiger partial charge in [0, 0.05) is 53.7 Å². The molecule has 0 aliphatic heterocycles. The minimum atomic E-state index is -0.636. The molecule has 2 aromatic heterocycles. The number of carbonyl (C=O) groups excluding carboxylic acids is 2. The number of aryl methyl sites for hydroxylation is 2. The molecular formula is C43H53N9O4S2. The average molecular weight is 824 g/mol. The van der Waals surface area contributed by atoms with Crippen LogP contribution in [0.1, 0.15) is 51.4 Å². The topological polar surface area (TPSA) is 210 Å². The van der Waals surface area contributed by atoms with Gasteiger partial charge >= 0.3 is 0 Å². The zero-order valence-corrected chi connectivity index (χ0v) is 32.8. The van der Waals surface area contributed by atoms with Crippen molar-refractivity contribution in [3.63, 3.8) is 0 Å². The van der Waals surface area contributed by atoms with Gasteiger partial charge in [-0.2, -0.15) is 0 Å². The van der Waals surface area contributed by atoms with Crippen LogP contribution >= 0.6 is 24.2 Å². The van der Waals surface area contributed by atoms with Crippen molar-refractivity contribution in [1.29, 1.82) is 0 Å². The summed E-state index contributed by atoms with van der Waals surface area (Å²) in [5.41, 5.74) is 13.0. The SMILES string of the molecule is C#CC#CC#CC#CC#CC#CC#CC#CC#CC#CC.C[C@H](NC(=O)[C@H](N)CCc1ccccc1)C(=O)CCc1cc2c(N)nccc2s1.NN=NN=[N+]([O-])OS.[HH].[HH].[HH].[HH].[HH].[HH].[HH].[HH].[HH].[HH]. The second kappa shape index (κ2) is 31.2. The van der Waals surface area contributed by atoms with E-state index in [-0.39, 0.29) is 31.0 Å². The lowest BCUT2D eigenvalue weighted by molar-refractivity contribution is -0.744. The highest BCUT2D eigenvalue weighted by Gasteiger charge is 2.20. The number of benzene rings is 1.